The van der Waals surface area contributed by atoms with E-state index in [1.807, 2.05) is 7.05 Å². The van der Waals surface area contributed by atoms with Gasteiger partial charge in [0.2, 0.25) is 0 Å². The minimum atomic E-state index is 0. The second-order valence-electron chi connectivity index (χ2n) is 8.07. The quantitative estimate of drug-likeness (QED) is 0.168. The molecular formula is C23H34IN9. The molecule has 0 radical (unpaired) electrons. The van der Waals surface area contributed by atoms with Gasteiger partial charge in [-0.05, 0) is 44.4 Å². The molecule has 1 unspecified atom stereocenters. The first-order valence-corrected chi connectivity index (χ1v) is 11.4. The average molecular weight is 563 g/mol. The van der Waals surface area contributed by atoms with E-state index < -0.39 is 0 Å². The van der Waals surface area contributed by atoms with E-state index in [4.69, 9.17) is 4.99 Å². The highest BCUT2D eigenvalue weighted by Gasteiger charge is 2.14. The zero-order valence-corrected chi connectivity index (χ0v) is 21.9. The smallest absolute Gasteiger partial charge is 0.191 e. The van der Waals surface area contributed by atoms with Gasteiger partial charge in [-0.3, -0.25) is 9.67 Å². The van der Waals surface area contributed by atoms with Crippen molar-refractivity contribution < 1.29 is 0 Å². The molecule has 4 rings (SSSR count). The molecule has 0 aliphatic carbocycles. The van der Waals surface area contributed by atoms with E-state index in [0.29, 0.717) is 13.1 Å². The van der Waals surface area contributed by atoms with Crippen molar-refractivity contribution in [1.82, 2.24) is 30.4 Å². The molecule has 1 aliphatic heterocycles. The zero-order valence-electron chi connectivity index (χ0n) is 19.6. The van der Waals surface area contributed by atoms with Gasteiger partial charge in [0.25, 0.3) is 0 Å². The van der Waals surface area contributed by atoms with Crippen LogP contribution in [0.25, 0.3) is 11.0 Å². The number of hydrogen-bond donors (Lipinski definition) is 3. The summed E-state index contributed by atoms with van der Waals surface area (Å²) in [5.74, 6) is 1.59. The Morgan fingerprint density at radius 1 is 1.21 bits per heavy atom. The number of nitrogens with zero attached hydrogens (tertiary/aromatic N) is 6. The summed E-state index contributed by atoms with van der Waals surface area (Å²) in [4.78, 5) is 15.8. The van der Waals surface area contributed by atoms with Crippen LogP contribution in [0.15, 0.2) is 41.8 Å². The number of aryl methyl sites for hydroxylation is 1. The number of aromatic nitrogens is 4. The van der Waals surface area contributed by atoms with Crippen LogP contribution in [0.3, 0.4) is 0 Å². The van der Waals surface area contributed by atoms with Gasteiger partial charge in [0.1, 0.15) is 12.1 Å². The molecule has 0 amide bonds. The van der Waals surface area contributed by atoms with Gasteiger partial charge in [-0.25, -0.2) is 9.97 Å². The first kappa shape index (κ1) is 25.0. The summed E-state index contributed by atoms with van der Waals surface area (Å²) in [7, 11) is 1.87. The lowest BCUT2D eigenvalue weighted by Crippen LogP contribution is -2.39. The van der Waals surface area contributed by atoms with E-state index in [2.05, 4.69) is 74.0 Å². The van der Waals surface area contributed by atoms with Gasteiger partial charge in [0.15, 0.2) is 11.6 Å². The molecule has 1 atom stereocenters. The van der Waals surface area contributed by atoms with Gasteiger partial charge in [-0.2, -0.15) is 5.10 Å². The van der Waals surface area contributed by atoms with E-state index >= 15 is 0 Å². The number of hydrogen-bond acceptors (Lipinski definition) is 6. The van der Waals surface area contributed by atoms with Crippen molar-refractivity contribution in [2.24, 2.45) is 12.0 Å². The van der Waals surface area contributed by atoms with Crippen LogP contribution in [0.2, 0.25) is 0 Å². The number of aliphatic imine (C=N–C) groups is 1. The molecule has 1 aromatic carbocycles. The lowest BCUT2D eigenvalue weighted by Gasteiger charge is -2.22. The predicted molar refractivity (Wildman–Crippen MR) is 146 cm³/mol. The van der Waals surface area contributed by atoms with E-state index in [-0.39, 0.29) is 30.0 Å². The van der Waals surface area contributed by atoms with Crippen LogP contribution >= 0.6 is 24.0 Å². The number of halogens is 1. The fourth-order valence-electron chi connectivity index (χ4n) is 4.02. The molecule has 3 heterocycles. The van der Waals surface area contributed by atoms with Gasteiger partial charge in [0.05, 0.1) is 24.2 Å². The van der Waals surface area contributed by atoms with Crippen LogP contribution < -0.4 is 20.9 Å². The van der Waals surface area contributed by atoms with Crippen LogP contribution in [0.5, 0.6) is 0 Å². The number of benzene rings is 1. The van der Waals surface area contributed by atoms with Gasteiger partial charge in [0, 0.05) is 38.9 Å². The third-order valence-electron chi connectivity index (χ3n) is 5.74. The molecule has 1 aliphatic rings. The Morgan fingerprint density at radius 2 is 2.03 bits per heavy atom. The summed E-state index contributed by atoms with van der Waals surface area (Å²) in [6, 6.07) is 8.98. The van der Waals surface area contributed by atoms with Crippen molar-refractivity contribution >= 4 is 52.5 Å². The van der Waals surface area contributed by atoms with Gasteiger partial charge < -0.3 is 20.9 Å². The van der Waals surface area contributed by atoms with Crippen LogP contribution in [0.1, 0.15) is 38.3 Å². The Morgan fingerprint density at radius 3 is 2.82 bits per heavy atom. The largest absolute Gasteiger partial charge is 0.372 e. The van der Waals surface area contributed by atoms with E-state index in [0.717, 1.165) is 42.4 Å². The van der Waals surface area contributed by atoms with Crippen molar-refractivity contribution in [3.05, 3.63) is 42.4 Å². The molecular weight excluding hydrogens is 529 g/mol. The molecule has 3 N–H and O–H groups in total. The molecule has 0 bridgehead atoms. The topological polar surface area (TPSA) is 95.3 Å². The van der Waals surface area contributed by atoms with Crippen molar-refractivity contribution in [2.75, 3.05) is 42.9 Å². The number of guanidine groups is 1. The SMILES string of the molecule is CCNC(=NCCNc1ncnc2c1cnn2C)NC(C)c1cccc(N2CCCC2)c1.I. The first-order valence-electron chi connectivity index (χ1n) is 11.4. The zero-order chi connectivity index (χ0) is 22.3. The highest BCUT2D eigenvalue weighted by molar-refractivity contribution is 14.0. The van der Waals surface area contributed by atoms with E-state index in [1.54, 1.807) is 17.2 Å². The van der Waals surface area contributed by atoms with Gasteiger partial charge >= 0.3 is 0 Å². The van der Waals surface area contributed by atoms with Gasteiger partial charge in [-0.1, -0.05) is 12.1 Å². The summed E-state index contributed by atoms with van der Waals surface area (Å²) in [5, 5.41) is 15.4. The molecule has 9 nitrogen and oxygen atoms in total. The summed E-state index contributed by atoms with van der Waals surface area (Å²) in [6.45, 7) is 8.64. The maximum Gasteiger partial charge on any atom is 0.191 e. The fraction of sp³-hybridized carbons (Fsp3) is 0.478. The van der Waals surface area contributed by atoms with Crippen molar-refractivity contribution in [3.8, 4) is 0 Å². The third kappa shape index (κ3) is 6.24. The Bertz CT molecular complexity index is 1060. The highest BCUT2D eigenvalue weighted by atomic mass is 127. The Kier molecular flexibility index (Phi) is 9.10. The van der Waals surface area contributed by atoms with Crippen molar-refractivity contribution in [3.63, 3.8) is 0 Å². The average Bonchev–Trinajstić information content (AvgIpc) is 3.48. The number of anilines is 2. The highest BCUT2D eigenvalue weighted by Crippen LogP contribution is 2.24. The standard InChI is InChI=1S/C23H33N9.HI/c1-4-24-23(26-11-10-25-21-20-15-29-31(3)22(20)28-16-27-21)30-17(2)18-8-7-9-19(14-18)32-12-5-6-13-32;/h7-9,14-17H,4-6,10-13H2,1-3H3,(H2,24,26,30)(H,25,27,28);1H. The van der Waals surface area contributed by atoms with Crippen LogP contribution in [0, 0.1) is 0 Å². The van der Waals surface area contributed by atoms with Crippen molar-refractivity contribution in [2.45, 2.75) is 32.7 Å². The molecule has 33 heavy (non-hydrogen) atoms. The van der Waals surface area contributed by atoms with E-state index in [1.165, 1.54) is 24.1 Å². The summed E-state index contributed by atoms with van der Waals surface area (Å²) >= 11 is 0. The normalized spacial score (nSPS) is 14.8. The molecule has 0 saturated carbocycles. The van der Waals surface area contributed by atoms with Gasteiger partial charge in [-0.15, -0.1) is 24.0 Å². The lowest BCUT2D eigenvalue weighted by molar-refractivity contribution is 0.686. The Labute approximate surface area is 212 Å². The molecule has 1 fully saturated rings. The number of rotatable bonds is 8. The summed E-state index contributed by atoms with van der Waals surface area (Å²) in [6.07, 6.45) is 5.90. The number of nitrogens with one attached hydrogen (secondary N) is 3. The molecule has 1 saturated heterocycles. The molecule has 10 heteroatoms. The summed E-state index contributed by atoms with van der Waals surface area (Å²) in [5.41, 5.74) is 3.38. The maximum absolute atomic E-state index is 4.74. The second kappa shape index (κ2) is 12.0. The Balaban J connectivity index is 0.00000306. The molecule has 3 aromatic rings. The van der Waals surface area contributed by atoms with Crippen LogP contribution in [-0.4, -0.2) is 58.4 Å². The monoisotopic (exact) mass is 563 g/mol. The lowest BCUT2D eigenvalue weighted by atomic mass is 10.1. The number of fused-ring (bicyclic) bond motifs is 1. The maximum atomic E-state index is 4.74. The van der Waals surface area contributed by atoms with Crippen LogP contribution in [-0.2, 0) is 7.05 Å². The third-order valence-corrected chi connectivity index (χ3v) is 5.74. The molecule has 0 spiro atoms. The Hall–Kier alpha value is -2.63. The molecule has 178 valence electrons. The first-order chi connectivity index (χ1) is 15.7. The summed E-state index contributed by atoms with van der Waals surface area (Å²) < 4.78 is 1.74. The molecule has 2 aromatic heterocycles. The minimum Gasteiger partial charge on any atom is -0.372 e. The van der Waals surface area contributed by atoms with Crippen LogP contribution in [0.4, 0.5) is 11.5 Å². The van der Waals surface area contributed by atoms with E-state index in [9.17, 15) is 0 Å². The predicted octanol–water partition coefficient (Wildman–Crippen LogP) is 3.31. The second-order valence-corrected chi connectivity index (χ2v) is 8.07. The minimum absolute atomic E-state index is 0. The fourth-order valence-corrected chi connectivity index (χ4v) is 4.02. The van der Waals surface area contributed by atoms with Crippen molar-refractivity contribution in [1.29, 1.82) is 0 Å².